The van der Waals surface area contributed by atoms with Gasteiger partial charge in [0.1, 0.15) is 11.8 Å². The number of amides is 2. The zero-order chi connectivity index (χ0) is 22.8. The number of rotatable bonds is 11. The van der Waals surface area contributed by atoms with Gasteiger partial charge in [0.15, 0.2) is 0 Å². The first-order valence-corrected chi connectivity index (χ1v) is 12.3. The van der Waals surface area contributed by atoms with E-state index >= 15 is 0 Å². The van der Waals surface area contributed by atoms with Gasteiger partial charge in [0.25, 0.3) is 0 Å². The van der Waals surface area contributed by atoms with Gasteiger partial charge in [-0.15, -0.1) is 11.8 Å². The van der Waals surface area contributed by atoms with Crippen LogP contribution in [0.2, 0.25) is 0 Å². The number of hydrogen-bond acceptors (Lipinski definition) is 4. The van der Waals surface area contributed by atoms with Gasteiger partial charge in [-0.2, -0.15) is 0 Å². The van der Waals surface area contributed by atoms with Crippen molar-refractivity contribution in [3.05, 3.63) is 64.1 Å². The third-order valence-corrected chi connectivity index (χ3v) is 6.61. The molecule has 0 aromatic heterocycles. The number of halogens is 1. The number of methoxy groups -OCH3 is 1. The van der Waals surface area contributed by atoms with Crippen molar-refractivity contribution in [1.29, 1.82) is 0 Å². The number of carbonyl (C=O) groups is 2. The lowest BCUT2D eigenvalue weighted by Gasteiger charge is -2.29. The molecular formula is C24H31BrN2O3S. The van der Waals surface area contributed by atoms with Gasteiger partial charge < -0.3 is 15.0 Å². The highest BCUT2D eigenvalue weighted by molar-refractivity contribution is 9.10. The summed E-state index contributed by atoms with van der Waals surface area (Å²) in [7, 11) is 1.62. The number of nitrogens with one attached hydrogen (secondary N) is 1. The molecule has 2 amide bonds. The molecule has 0 aliphatic carbocycles. The molecule has 0 aliphatic rings. The average molecular weight is 507 g/mol. The lowest BCUT2D eigenvalue weighted by Crippen LogP contribution is -2.50. The van der Waals surface area contributed by atoms with Crippen LogP contribution >= 0.6 is 27.7 Å². The van der Waals surface area contributed by atoms with Crippen LogP contribution in [0.4, 0.5) is 0 Å². The zero-order valence-electron chi connectivity index (χ0n) is 18.6. The van der Waals surface area contributed by atoms with Crippen LogP contribution in [0.3, 0.4) is 0 Å². The van der Waals surface area contributed by atoms with Gasteiger partial charge in [-0.25, -0.2) is 0 Å². The second-order valence-corrected chi connectivity index (χ2v) is 9.38. The van der Waals surface area contributed by atoms with Crippen molar-refractivity contribution in [3.63, 3.8) is 0 Å². The van der Waals surface area contributed by atoms with E-state index in [1.54, 1.807) is 30.7 Å². The molecule has 1 N–H and O–H groups in total. The topological polar surface area (TPSA) is 58.6 Å². The summed E-state index contributed by atoms with van der Waals surface area (Å²) in [4.78, 5) is 27.5. The number of carbonyl (C=O) groups excluding carboxylic acids is 2. The van der Waals surface area contributed by atoms with Crippen LogP contribution in [0.5, 0.6) is 5.75 Å². The van der Waals surface area contributed by atoms with Crippen LogP contribution < -0.4 is 10.1 Å². The second-order valence-electron chi connectivity index (χ2n) is 7.48. The Bertz CT molecular complexity index is 843. The van der Waals surface area contributed by atoms with E-state index in [1.807, 2.05) is 62.4 Å². The molecule has 0 spiro atoms. The van der Waals surface area contributed by atoms with E-state index in [1.165, 1.54) is 0 Å². The normalized spacial score (nSPS) is 12.7. The first-order valence-electron chi connectivity index (χ1n) is 10.4. The van der Waals surface area contributed by atoms with E-state index in [0.717, 1.165) is 33.5 Å². The number of benzene rings is 2. The van der Waals surface area contributed by atoms with Crippen LogP contribution in [0.15, 0.2) is 53.0 Å². The highest BCUT2D eigenvalue weighted by atomic mass is 79.9. The van der Waals surface area contributed by atoms with Crippen molar-refractivity contribution in [2.45, 2.75) is 51.6 Å². The molecule has 0 bridgehead atoms. The number of thioether (sulfide) groups is 1. The molecule has 0 unspecified atom stereocenters. The number of nitrogens with zero attached hydrogens (tertiary/aromatic N) is 1. The van der Waals surface area contributed by atoms with E-state index < -0.39 is 6.04 Å². The molecular weight excluding hydrogens is 476 g/mol. The average Bonchev–Trinajstić information content (AvgIpc) is 2.78. The van der Waals surface area contributed by atoms with Crippen LogP contribution in [-0.4, -0.2) is 41.7 Å². The van der Waals surface area contributed by atoms with Crippen molar-refractivity contribution in [1.82, 2.24) is 10.2 Å². The van der Waals surface area contributed by atoms with Crippen molar-refractivity contribution in [3.8, 4) is 5.75 Å². The predicted molar refractivity (Wildman–Crippen MR) is 131 cm³/mol. The lowest BCUT2D eigenvalue weighted by atomic mass is 10.1. The predicted octanol–water partition coefficient (Wildman–Crippen LogP) is 5.02. The van der Waals surface area contributed by atoms with Crippen LogP contribution in [0.1, 0.15) is 38.3 Å². The minimum atomic E-state index is -0.558. The zero-order valence-corrected chi connectivity index (χ0v) is 21.0. The summed E-state index contributed by atoms with van der Waals surface area (Å²) in [5.74, 6) is 1.63. The standard InChI is InChI=1S/C24H31BrN2O3S/c1-5-17(2)26-24(29)18(3)27(14-19-8-12-22(30-4)13-9-19)23(28)16-31-15-20-6-10-21(25)11-7-20/h6-13,17-18H,5,14-16H2,1-4H3,(H,26,29)/t17-,18-/m0/s1. The first-order chi connectivity index (χ1) is 14.8. The highest BCUT2D eigenvalue weighted by Gasteiger charge is 2.26. The third kappa shape index (κ3) is 8.22. The number of hydrogen-bond donors (Lipinski definition) is 1. The molecule has 31 heavy (non-hydrogen) atoms. The number of ether oxygens (including phenoxy) is 1. The Kier molecular flexibility index (Phi) is 10.4. The van der Waals surface area contributed by atoms with Crippen LogP contribution in [0.25, 0.3) is 0 Å². The van der Waals surface area contributed by atoms with Gasteiger partial charge in [0, 0.05) is 22.8 Å². The van der Waals surface area contributed by atoms with Crippen LogP contribution in [0, 0.1) is 0 Å². The molecule has 0 heterocycles. The van der Waals surface area contributed by atoms with Gasteiger partial charge in [0.2, 0.25) is 11.8 Å². The molecule has 0 saturated heterocycles. The Balaban J connectivity index is 2.07. The van der Waals surface area contributed by atoms with Gasteiger partial charge in [-0.3, -0.25) is 9.59 Å². The maximum Gasteiger partial charge on any atom is 0.242 e. The molecule has 168 valence electrons. The molecule has 2 atom stereocenters. The fourth-order valence-electron chi connectivity index (χ4n) is 2.90. The summed E-state index contributed by atoms with van der Waals surface area (Å²) in [5, 5.41) is 2.99. The second kappa shape index (κ2) is 12.8. The first kappa shape index (κ1) is 25.3. The maximum absolute atomic E-state index is 13.1. The fourth-order valence-corrected chi connectivity index (χ4v) is 4.03. The molecule has 0 radical (unpaired) electrons. The Morgan fingerprint density at radius 2 is 1.68 bits per heavy atom. The summed E-state index contributed by atoms with van der Waals surface area (Å²) in [5.41, 5.74) is 2.11. The van der Waals surface area contributed by atoms with Gasteiger partial charge >= 0.3 is 0 Å². The molecule has 7 heteroatoms. The maximum atomic E-state index is 13.1. The molecule has 0 aliphatic heterocycles. The summed E-state index contributed by atoms with van der Waals surface area (Å²) in [6.45, 7) is 6.15. The van der Waals surface area contributed by atoms with E-state index in [4.69, 9.17) is 4.74 Å². The van der Waals surface area contributed by atoms with Crippen LogP contribution in [-0.2, 0) is 21.9 Å². The lowest BCUT2D eigenvalue weighted by molar-refractivity contribution is -0.138. The summed E-state index contributed by atoms with van der Waals surface area (Å²) in [6.07, 6.45) is 0.841. The summed E-state index contributed by atoms with van der Waals surface area (Å²) < 4.78 is 6.25. The molecule has 2 rings (SSSR count). The fraction of sp³-hybridized carbons (Fsp3) is 0.417. The Morgan fingerprint density at radius 1 is 1.06 bits per heavy atom. The van der Waals surface area contributed by atoms with E-state index in [2.05, 4.69) is 21.2 Å². The van der Waals surface area contributed by atoms with E-state index in [0.29, 0.717) is 12.3 Å². The van der Waals surface area contributed by atoms with Gasteiger partial charge in [-0.05, 0) is 55.7 Å². The largest absolute Gasteiger partial charge is 0.497 e. The van der Waals surface area contributed by atoms with E-state index in [9.17, 15) is 9.59 Å². The van der Waals surface area contributed by atoms with Crippen molar-refractivity contribution in [2.24, 2.45) is 0 Å². The Hall–Kier alpha value is -1.99. The minimum absolute atomic E-state index is 0.0512. The third-order valence-electron chi connectivity index (χ3n) is 5.09. The molecule has 2 aromatic rings. The molecule has 0 saturated carbocycles. The quantitative estimate of drug-likeness (QED) is 0.464. The van der Waals surface area contributed by atoms with Crippen molar-refractivity contribution in [2.75, 3.05) is 12.9 Å². The minimum Gasteiger partial charge on any atom is -0.497 e. The molecule has 5 nitrogen and oxygen atoms in total. The summed E-state index contributed by atoms with van der Waals surface area (Å²) in [6, 6.07) is 15.2. The van der Waals surface area contributed by atoms with Crippen molar-refractivity contribution >= 4 is 39.5 Å². The molecule has 0 fully saturated rings. The van der Waals surface area contributed by atoms with Crippen molar-refractivity contribution < 1.29 is 14.3 Å². The smallest absolute Gasteiger partial charge is 0.242 e. The summed E-state index contributed by atoms with van der Waals surface area (Å²) >= 11 is 4.99. The van der Waals surface area contributed by atoms with E-state index in [-0.39, 0.29) is 17.9 Å². The van der Waals surface area contributed by atoms with Gasteiger partial charge in [-0.1, -0.05) is 47.1 Å². The Labute approximate surface area is 198 Å². The molecule has 2 aromatic carbocycles. The monoisotopic (exact) mass is 506 g/mol. The SMILES string of the molecule is CC[C@H](C)NC(=O)[C@H](C)N(Cc1ccc(OC)cc1)C(=O)CSCc1ccc(Br)cc1. The Morgan fingerprint density at radius 3 is 2.26 bits per heavy atom. The highest BCUT2D eigenvalue weighted by Crippen LogP contribution is 2.19. The van der Waals surface area contributed by atoms with Gasteiger partial charge in [0.05, 0.1) is 12.9 Å².